The SMILES string of the molecule is CC(C)C(=O)O[C@H](OC(=O)NC[C@@H](CP(O)O)c1ccc(Cl)cc1)C(C)C. The molecule has 0 saturated carbocycles. The minimum atomic E-state index is -2.14. The normalized spacial score (nSPS) is 13.6. The summed E-state index contributed by atoms with van der Waals surface area (Å²) in [5.74, 6) is -1.33. The van der Waals surface area contributed by atoms with Crippen LogP contribution in [0.2, 0.25) is 5.02 Å². The average Bonchev–Trinajstić information content (AvgIpc) is 2.58. The van der Waals surface area contributed by atoms with Crippen LogP contribution in [0, 0.1) is 11.8 Å². The van der Waals surface area contributed by atoms with E-state index in [4.69, 9.17) is 21.1 Å². The van der Waals surface area contributed by atoms with Gasteiger partial charge in [0, 0.05) is 29.6 Å². The smallest absolute Gasteiger partial charge is 0.410 e. The van der Waals surface area contributed by atoms with E-state index in [9.17, 15) is 19.4 Å². The zero-order valence-corrected chi connectivity index (χ0v) is 17.5. The van der Waals surface area contributed by atoms with Gasteiger partial charge < -0.3 is 24.6 Å². The fraction of sp³-hybridized carbons (Fsp3) is 0.556. The molecular weight excluding hydrogens is 393 g/mol. The number of hydrogen-bond donors (Lipinski definition) is 3. The van der Waals surface area contributed by atoms with Crippen LogP contribution in [-0.2, 0) is 14.3 Å². The first kappa shape index (κ1) is 23.6. The van der Waals surface area contributed by atoms with E-state index in [1.807, 2.05) is 0 Å². The zero-order valence-electron chi connectivity index (χ0n) is 15.9. The predicted octanol–water partition coefficient (Wildman–Crippen LogP) is 3.63. The number of benzene rings is 1. The highest BCUT2D eigenvalue weighted by Gasteiger charge is 2.25. The number of esters is 1. The Morgan fingerprint density at radius 2 is 1.70 bits per heavy atom. The van der Waals surface area contributed by atoms with Crippen molar-refractivity contribution in [2.24, 2.45) is 11.8 Å². The number of hydrogen-bond acceptors (Lipinski definition) is 6. The first-order valence-corrected chi connectivity index (χ1v) is 10.5. The van der Waals surface area contributed by atoms with Gasteiger partial charge in [-0.05, 0) is 17.7 Å². The fourth-order valence-corrected chi connectivity index (χ4v) is 2.98. The molecule has 0 unspecified atom stereocenters. The largest absolute Gasteiger partial charge is 0.425 e. The highest BCUT2D eigenvalue weighted by molar-refractivity contribution is 7.45. The summed E-state index contributed by atoms with van der Waals surface area (Å²) < 4.78 is 10.4. The Labute approximate surface area is 165 Å². The second-order valence-electron chi connectivity index (χ2n) is 6.79. The van der Waals surface area contributed by atoms with Crippen molar-refractivity contribution in [2.75, 3.05) is 12.7 Å². The Morgan fingerprint density at radius 1 is 1.11 bits per heavy atom. The highest BCUT2D eigenvalue weighted by atomic mass is 35.5. The fourth-order valence-electron chi connectivity index (χ4n) is 2.12. The number of carbonyl (C=O) groups excluding carboxylic acids is 2. The molecule has 7 nitrogen and oxygen atoms in total. The summed E-state index contributed by atoms with van der Waals surface area (Å²) in [7, 11) is -2.14. The molecule has 0 aliphatic rings. The summed E-state index contributed by atoms with van der Waals surface area (Å²) >= 11 is 5.87. The van der Waals surface area contributed by atoms with Crippen molar-refractivity contribution in [3.8, 4) is 0 Å². The Bertz CT molecular complexity index is 608. The molecule has 1 rings (SSSR count). The molecule has 1 amide bonds. The number of rotatable bonds is 9. The van der Waals surface area contributed by atoms with Crippen molar-refractivity contribution in [1.82, 2.24) is 5.32 Å². The van der Waals surface area contributed by atoms with Crippen LogP contribution >= 0.6 is 20.0 Å². The average molecular weight is 420 g/mol. The van der Waals surface area contributed by atoms with Crippen LogP contribution in [-0.4, -0.2) is 40.8 Å². The lowest BCUT2D eigenvalue weighted by Gasteiger charge is -2.23. The molecule has 27 heavy (non-hydrogen) atoms. The maximum absolute atomic E-state index is 12.1. The van der Waals surface area contributed by atoms with E-state index < -0.39 is 26.7 Å². The van der Waals surface area contributed by atoms with Gasteiger partial charge in [0.05, 0.1) is 5.92 Å². The number of alkyl carbamates (subject to hydrolysis) is 1. The molecule has 0 aliphatic carbocycles. The lowest BCUT2D eigenvalue weighted by atomic mass is 10.0. The van der Waals surface area contributed by atoms with E-state index >= 15 is 0 Å². The zero-order chi connectivity index (χ0) is 20.6. The molecule has 0 saturated heterocycles. The third kappa shape index (κ3) is 8.89. The topological polar surface area (TPSA) is 105 Å². The van der Waals surface area contributed by atoms with Gasteiger partial charge in [-0.2, -0.15) is 0 Å². The van der Waals surface area contributed by atoms with Crippen molar-refractivity contribution in [3.63, 3.8) is 0 Å². The molecule has 3 N–H and O–H groups in total. The first-order valence-electron chi connectivity index (χ1n) is 8.65. The second-order valence-corrected chi connectivity index (χ2v) is 8.34. The van der Waals surface area contributed by atoms with Crippen LogP contribution in [0.3, 0.4) is 0 Å². The van der Waals surface area contributed by atoms with E-state index in [2.05, 4.69) is 5.32 Å². The van der Waals surface area contributed by atoms with E-state index in [0.29, 0.717) is 5.02 Å². The van der Waals surface area contributed by atoms with Crippen LogP contribution in [0.5, 0.6) is 0 Å². The predicted molar refractivity (Wildman–Crippen MR) is 104 cm³/mol. The molecule has 0 bridgehead atoms. The van der Waals surface area contributed by atoms with Gasteiger partial charge >= 0.3 is 12.1 Å². The summed E-state index contributed by atoms with van der Waals surface area (Å²) in [6.45, 7) is 7.06. The van der Waals surface area contributed by atoms with Gasteiger partial charge in [0.2, 0.25) is 0 Å². The van der Waals surface area contributed by atoms with Crippen molar-refractivity contribution in [1.29, 1.82) is 0 Å². The summed E-state index contributed by atoms with van der Waals surface area (Å²) in [6.07, 6.45) is -1.65. The first-order chi connectivity index (χ1) is 12.6. The number of ether oxygens (including phenoxy) is 2. The molecule has 0 spiro atoms. The maximum Gasteiger partial charge on any atom is 0.410 e. The van der Waals surface area contributed by atoms with Crippen LogP contribution in [0.15, 0.2) is 24.3 Å². The Balaban J connectivity index is 2.68. The number of carbonyl (C=O) groups is 2. The number of halogens is 1. The summed E-state index contributed by atoms with van der Waals surface area (Å²) in [4.78, 5) is 42.6. The van der Waals surface area contributed by atoms with Gasteiger partial charge in [0.1, 0.15) is 0 Å². The van der Waals surface area contributed by atoms with Gasteiger partial charge in [-0.25, -0.2) is 4.79 Å². The Hall–Kier alpha value is -1.40. The lowest BCUT2D eigenvalue weighted by molar-refractivity contribution is -0.178. The Kier molecular flexibility index (Phi) is 10.0. The van der Waals surface area contributed by atoms with Crippen LogP contribution in [0.1, 0.15) is 39.2 Å². The van der Waals surface area contributed by atoms with E-state index in [1.54, 1.807) is 52.0 Å². The minimum absolute atomic E-state index is 0.0905. The van der Waals surface area contributed by atoms with Crippen LogP contribution in [0.25, 0.3) is 0 Å². The highest BCUT2D eigenvalue weighted by Crippen LogP contribution is 2.32. The maximum atomic E-state index is 12.1. The van der Waals surface area contributed by atoms with Gasteiger partial charge in [-0.3, -0.25) is 4.79 Å². The van der Waals surface area contributed by atoms with Crippen molar-refractivity contribution in [2.45, 2.75) is 39.9 Å². The molecule has 0 radical (unpaired) electrons. The second kappa shape index (κ2) is 11.4. The lowest BCUT2D eigenvalue weighted by Crippen LogP contribution is -2.37. The molecule has 1 aromatic carbocycles. The monoisotopic (exact) mass is 419 g/mol. The molecule has 0 heterocycles. The van der Waals surface area contributed by atoms with Crippen molar-refractivity contribution in [3.05, 3.63) is 34.9 Å². The number of nitrogens with one attached hydrogen (secondary N) is 1. The molecule has 9 heteroatoms. The summed E-state index contributed by atoms with van der Waals surface area (Å²) in [6, 6.07) is 6.92. The molecule has 0 fully saturated rings. The standard InChI is InChI=1S/C18H27ClNO6P/c1-11(2)16(21)25-17(12(3)4)26-18(22)20-9-14(10-27(23)24)13-5-7-15(19)8-6-13/h5-8,11-12,14,17,23-24H,9-10H2,1-4H3,(H,20,22)/t14-,17+/m0/s1. The molecule has 0 aliphatic heterocycles. The molecule has 1 aromatic rings. The summed E-state index contributed by atoms with van der Waals surface area (Å²) in [5.41, 5.74) is 0.807. The van der Waals surface area contributed by atoms with E-state index in [-0.39, 0.29) is 30.5 Å². The molecule has 0 aromatic heterocycles. The third-order valence-corrected chi connectivity index (χ3v) is 4.71. The van der Waals surface area contributed by atoms with Crippen molar-refractivity contribution >= 4 is 32.0 Å². The van der Waals surface area contributed by atoms with Crippen LogP contribution in [0.4, 0.5) is 4.79 Å². The minimum Gasteiger partial charge on any atom is -0.425 e. The van der Waals surface area contributed by atoms with E-state index in [0.717, 1.165) is 5.56 Å². The van der Waals surface area contributed by atoms with Gasteiger partial charge in [-0.15, -0.1) is 0 Å². The Morgan fingerprint density at radius 3 is 2.19 bits per heavy atom. The molecule has 152 valence electrons. The third-order valence-electron chi connectivity index (χ3n) is 3.69. The summed E-state index contributed by atoms with van der Waals surface area (Å²) in [5, 5.41) is 3.15. The number of amides is 1. The van der Waals surface area contributed by atoms with Crippen molar-refractivity contribution < 1.29 is 28.8 Å². The van der Waals surface area contributed by atoms with Gasteiger partial charge in [-0.1, -0.05) is 51.4 Å². The van der Waals surface area contributed by atoms with Gasteiger partial charge in [0.15, 0.2) is 8.38 Å². The molecular formula is C18H27ClNO6P. The quantitative estimate of drug-likeness (QED) is 0.321. The molecule has 2 atom stereocenters. The van der Waals surface area contributed by atoms with Gasteiger partial charge in [0.25, 0.3) is 6.29 Å². The van der Waals surface area contributed by atoms with Crippen LogP contribution < -0.4 is 5.32 Å². The van der Waals surface area contributed by atoms with E-state index in [1.165, 1.54) is 0 Å².